The van der Waals surface area contributed by atoms with Crippen LogP contribution in [0.2, 0.25) is 0 Å². The lowest BCUT2D eigenvalue weighted by atomic mass is 9.65. The molecule has 0 radical (unpaired) electrons. The summed E-state index contributed by atoms with van der Waals surface area (Å²) >= 11 is 2.38. The highest BCUT2D eigenvalue weighted by Crippen LogP contribution is 2.42. The number of hydrogen-bond donors (Lipinski definition) is 1. The van der Waals surface area contributed by atoms with Gasteiger partial charge in [0.1, 0.15) is 0 Å². The Hall–Kier alpha value is -0.0900. The minimum atomic E-state index is 0.480. The van der Waals surface area contributed by atoms with Crippen LogP contribution in [0.1, 0.15) is 52.0 Å². The maximum atomic E-state index is 3.77. The quantitative estimate of drug-likeness (QED) is 0.702. The van der Waals surface area contributed by atoms with E-state index in [0.29, 0.717) is 11.5 Å². The van der Waals surface area contributed by atoms with Crippen LogP contribution in [-0.4, -0.2) is 12.6 Å². The molecule has 0 aliphatic heterocycles. The molecule has 1 aromatic carbocycles. The van der Waals surface area contributed by atoms with Gasteiger partial charge in [0.15, 0.2) is 0 Å². The van der Waals surface area contributed by atoms with Gasteiger partial charge in [-0.25, -0.2) is 0 Å². The van der Waals surface area contributed by atoms with Gasteiger partial charge in [0.2, 0.25) is 0 Å². The first-order valence-electron chi connectivity index (χ1n) is 8.01. The number of likely N-dealkylation sites (N-methyl/N-ethyl adjacent to an activating group) is 1. The Balaban J connectivity index is 2.11. The molecule has 2 unspecified atom stereocenters. The van der Waals surface area contributed by atoms with Crippen molar-refractivity contribution in [2.75, 3.05) is 6.54 Å². The van der Waals surface area contributed by atoms with Crippen molar-refractivity contribution in [3.8, 4) is 0 Å². The van der Waals surface area contributed by atoms with E-state index in [-0.39, 0.29) is 0 Å². The second-order valence-corrected chi connectivity index (χ2v) is 8.08. The molecule has 1 N–H and O–H groups in total. The Bertz CT molecular complexity index is 410. The lowest BCUT2D eigenvalue weighted by molar-refractivity contribution is 0.0988. The SMILES string of the molecule is CCNC(Cc1ccc(I)cc1)C1CCCCC1(C)C. The second-order valence-electron chi connectivity index (χ2n) is 6.84. The minimum absolute atomic E-state index is 0.480. The molecule has 1 saturated carbocycles. The van der Waals surface area contributed by atoms with Gasteiger partial charge in [-0.05, 0) is 77.4 Å². The van der Waals surface area contributed by atoms with Gasteiger partial charge in [0.25, 0.3) is 0 Å². The predicted octanol–water partition coefficient (Wildman–Crippen LogP) is 5.03. The standard InChI is InChI=1S/C18H28IN/c1-4-20-17(13-14-8-10-15(19)11-9-14)16-7-5-6-12-18(16,2)3/h8-11,16-17,20H,4-7,12-13H2,1-3H3. The Kier molecular flexibility index (Phi) is 5.91. The monoisotopic (exact) mass is 385 g/mol. The third-order valence-corrected chi connectivity index (χ3v) is 5.63. The van der Waals surface area contributed by atoms with Crippen molar-refractivity contribution in [1.29, 1.82) is 0 Å². The molecule has 0 amide bonds. The first-order valence-corrected chi connectivity index (χ1v) is 9.08. The normalized spacial score (nSPS) is 23.5. The summed E-state index contributed by atoms with van der Waals surface area (Å²) in [5, 5.41) is 3.77. The molecule has 1 aromatic rings. The van der Waals surface area contributed by atoms with Crippen LogP contribution >= 0.6 is 22.6 Å². The molecular formula is C18H28IN. The van der Waals surface area contributed by atoms with E-state index >= 15 is 0 Å². The van der Waals surface area contributed by atoms with Crippen molar-refractivity contribution < 1.29 is 0 Å². The fourth-order valence-corrected chi connectivity index (χ4v) is 4.12. The fraction of sp³-hybridized carbons (Fsp3) is 0.667. The van der Waals surface area contributed by atoms with Crippen molar-refractivity contribution in [2.45, 2.75) is 58.9 Å². The van der Waals surface area contributed by atoms with Crippen LogP contribution in [0.25, 0.3) is 0 Å². The molecule has 2 heteroatoms. The molecule has 112 valence electrons. The van der Waals surface area contributed by atoms with E-state index < -0.39 is 0 Å². The molecule has 2 rings (SSSR count). The molecule has 1 aliphatic rings. The van der Waals surface area contributed by atoms with Gasteiger partial charge in [0, 0.05) is 9.61 Å². The summed E-state index contributed by atoms with van der Waals surface area (Å²) in [5.74, 6) is 0.801. The highest BCUT2D eigenvalue weighted by atomic mass is 127. The highest BCUT2D eigenvalue weighted by Gasteiger charge is 2.37. The van der Waals surface area contributed by atoms with E-state index in [1.165, 1.54) is 41.2 Å². The number of rotatable bonds is 5. The largest absolute Gasteiger partial charge is 0.314 e. The molecule has 0 bridgehead atoms. The summed E-state index contributed by atoms with van der Waals surface area (Å²) in [7, 11) is 0. The number of halogens is 1. The third kappa shape index (κ3) is 4.20. The molecular weight excluding hydrogens is 357 g/mol. The summed E-state index contributed by atoms with van der Waals surface area (Å²) in [5.41, 5.74) is 1.95. The zero-order valence-corrected chi connectivity index (χ0v) is 15.2. The molecule has 0 aromatic heterocycles. The van der Waals surface area contributed by atoms with Crippen molar-refractivity contribution in [3.63, 3.8) is 0 Å². The van der Waals surface area contributed by atoms with Crippen LogP contribution in [0.5, 0.6) is 0 Å². The van der Waals surface area contributed by atoms with Gasteiger partial charge in [-0.1, -0.05) is 45.7 Å². The van der Waals surface area contributed by atoms with Crippen molar-refractivity contribution in [1.82, 2.24) is 5.32 Å². The molecule has 20 heavy (non-hydrogen) atoms. The second kappa shape index (κ2) is 7.26. The molecule has 1 aliphatic carbocycles. The summed E-state index contributed by atoms with van der Waals surface area (Å²) in [6, 6.07) is 9.66. The maximum absolute atomic E-state index is 3.77. The molecule has 0 heterocycles. The minimum Gasteiger partial charge on any atom is -0.314 e. The summed E-state index contributed by atoms with van der Waals surface area (Å²) in [6.07, 6.45) is 6.74. The zero-order chi connectivity index (χ0) is 14.6. The molecule has 1 fully saturated rings. The third-order valence-electron chi connectivity index (χ3n) is 4.91. The number of benzene rings is 1. The molecule has 2 atom stereocenters. The van der Waals surface area contributed by atoms with E-state index in [0.717, 1.165) is 12.5 Å². The van der Waals surface area contributed by atoms with Crippen LogP contribution in [0.4, 0.5) is 0 Å². The Morgan fingerprint density at radius 2 is 1.95 bits per heavy atom. The van der Waals surface area contributed by atoms with Gasteiger partial charge in [-0.3, -0.25) is 0 Å². The average Bonchev–Trinajstić information content (AvgIpc) is 2.40. The highest BCUT2D eigenvalue weighted by molar-refractivity contribution is 14.1. The summed E-state index contributed by atoms with van der Waals surface area (Å²) in [4.78, 5) is 0. The van der Waals surface area contributed by atoms with Gasteiger partial charge in [-0.15, -0.1) is 0 Å². The number of nitrogens with one attached hydrogen (secondary N) is 1. The van der Waals surface area contributed by atoms with Gasteiger partial charge < -0.3 is 5.32 Å². The van der Waals surface area contributed by atoms with E-state index in [2.05, 4.69) is 72.9 Å². The van der Waals surface area contributed by atoms with Crippen molar-refractivity contribution in [2.24, 2.45) is 11.3 Å². The van der Waals surface area contributed by atoms with Gasteiger partial charge in [-0.2, -0.15) is 0 Å². The number of hydrogen-bond acceptors (Lipinski definition) is 1. The van der Waals surface area contributed by atoms with E-state index in [1.807, 2.05) is 0 Å². The van der Waals surface area contributed by atoms with Crippen LogP contribution in [-0.2, 0) is 6.42 Å². The molecule has 0 spiro atoms. The Labute approximate surface area is 138 Å². The lowest BCUT2D eigenvalue weighted by Crippen LogP contribution is -2.46. The van der Waals surface area contributed by atoms with Crippen LogP contribution < -0.4 is 5.32 Å². The first-order chi connectivity index (χ1) is 9.53. The maximum Gasteiger partial charge on any atom is 0.0141 e. The van der Waals surface area contributed by atoms with E-state index in [9.17, 15) is 0 Å². The van der Waals surface area contributed by atoms with E-state index in [4.69, 9.17) is 0 Å². The average molecular weight is 385 g/mol. The smallest absolute Gasteiger partial charge is 0.0141 e. The lowest BCUT2D eigenvalue weighted by Gasteiger charge is -2.43. The van der Waals surface area contributed by atoms with Crippen LogP contribution in [0.3, 0.4) is 0 Å². The van der Waals surface area contributed by atoms with Gasteiger partial charge >= 0.3 is 0 Å². The van der Waals surface area contributed by atoms with Crippen LogP contribution in [0, 0.1) is 14.9 Å². The summed E-state index contributed by atoms with van der Waals surface area (Å²) in [6.45, 7) is 8.24. The summed E-state index contributed by atoms with van der Waals surface area (Å²) < 4.78 is 1.32. The van der Waals surface area contributed by atoms with Crippen molar-refractivity contribution in [3.05, 3.63) is 33.4 Å². The molecule has 1 nitrogen and oxygen atoms in total. The first kappa shape index (κ1) is 16.3. The Morgan fingerprint density at radius 3 is 2.55 bits per heavy atom. The zero-order valence-electron chi connectivity index (χ0n) is 13.1. The molecule has 0 saturated heterocycles. The fourth-order valence-electron chi connectivity index (χ4n) is 3.76. The van der Waals surface area contributed by atoms with Crippen LogP contribution in [0.15, 0.2) is 24.3 Å². The van der Waals surface area contributed by atoms with Gasteiger partial charge in [0.05, 0.1) is 0 Å². The topological polar surface area (TPSA) is 12.0 Å². The Morgan fingerprint density at radius 1 is 1.25 bits per heavy atom. The van der Waals surface area contributed by atoms with E-state index in [1.54, 1.807) is 0 Å². The van der Waals surface area contributed by atoms with Crippen molar-refractivity contribution >= 4 is 22.6 Å². The predicted molar refractivity (Wildman–Crippen MR) is 96.1 cm³/mol.